The molecule has 0 saturated carbocycles. The number of amides is 1. The number of aliphatic hydroxyl groups is 1. The van der Waals surface area contributed by atoms with Crippen LogP contribution in [0.4, 0.5) is 0 Å². The van der Waals surface area contributed by atoms with Gasteiger partial charge in [0.1, 0.15) is 4.90 Å². The molecular weight excluding hydrogens is 401 g/mol. The lowest BCUT2D eigenvalue weighted by atomic mass is 10.0. The molecule has 0 unspecified atom stereocenters. The zero-order valence-electron chi connectivity index (χ0n) is 14.7. The van der Waals surface area contributed by atoms with Crippen LogP contribution in [0, 0.1) is 5.92 Å². The molecule has 5 N–H and O–H groups in total. The molecular formula is C16H25Cl2N3O4S. The molecule has 26 heavy (non-hydrogen) atoms. The van der Waals surface area contributed by atoms with Gasteiger partial charge in [-0.2, -0.15) is 0 Å². The Kier molecular flexibility index (Phi) is 9.29. The minimum atomic E-state index is -3.81. The zero-order valence-corrected chi connectivity index (χ0v) is 17.0. The molecule has 1 aromatic rings. The second kappa shape index (κ2) is 10.4. The summed E-state index contributed by atoms with van der Waals surface area (Å²) in [5.74, 6) is -0.211. The van der Waals surface area contributed by atoms with Crippen LogP contribution in [-0.2, 0) is 14.8 Å². The van der Waals surface area contributed by atoms with E-state index in [1.54, 1.807) is 0 Å². The third-order valence-electron chi connectivity index (χ3n) is 3.60. The first kappa shape index (κ1) is 23.1. The van der Waals surface area contributed by atoms with E-state index in [1.165, 1.54) is 18.2 Å². The number of carbonyl (C=O) groups excluding carboxylic acids is 1. The maximum Gasteiger partial charge on any atom is 0.242 e. The summed E-state index contributed by atoms with van der Waals surface area (Å²) in [5.41, 5.74) is 5.32. The maximum atomic E-state index is 12.2. The van der Waals surface area contributed by atoms with Gasteiger partial charge in [-0.15, -0.1) is 0 Å². The molecule has 0 aliphatic rings. The van der Waals surface area contributed by atoms with E-state index in [1.807, 2.05) is 13.8 Å². The molecule has 148 valence electrons. The van der Waals surface area contributed by atoms with Gasteiger partial charge in [0.15, 0.2) is 0 Å². The van der Waals surface area contributed by atoms with Crippen molar-refractivity contribution in [3.05, 3.63) is 28.2 Å². The summed E-state index contributed by atoms with van der Waals surface area (Å²) < 4.78 is 26.8. The quantitative estimate of drug-likeness (QED) is 0.427. The summed E-state index contributed by atoms with van der Waals surface area (Å²) in [7, 11) is -3.81. The van der Waals surface area contributed by atoms with Gasteiger partial charge in [0.05, 0.1) is 17.2 Å². The molecule has 0 bridgehead atoms. The molecule has 2 atom stereocenters. The Morgan fingerprint density at radius 2 is 1.96 bits per heavy atom. The third kappa shape index (κ3) is 7.77. The van der Waals surface area contributed by atoms with Crippen LogP contribution in [0.5, 0.6) is 0 Å². The average Bonchev–Trinajstić information content (AvgIpc) is 2.50. The number of rotatable bonds is 11. The highest BCUT2D eigenvalue weighted by molar-refractivity contribution is 7.89. The molecule has 1 aromatic carbocycles. The average molecular weight is 426 g/mol. The molecule has 0 heterocycles. The van der Waals surface area contributed by atoms with Crippen LogP contribution in [0.25, 0.3) is 0 Å². The van der Waals surface area contributed by atoms with Crippen molar-refractivity contribution in [3.63, 3.8) is 0 Å². The molecule has 1 rings (SSSR count). The van der Waals surface area contributed by atoms with Crippen LogP contribution in [-0.4, -0.2) is 44.7 Å². The number of hydrogen-bond acceptors (Lipinski definition) is 5. The lowest BCUT2D eigenvalue weighted by molar-refractivity contribution is -0.120. The monoisotopic (exact) mass is 425 g/mol. The Hall–Kier alpha value is -0.900. The molecule has 10 heteroatoms. The summed E-state index contributed by atoms with van der Waals surface area (Å²) in [6, 6.07) is 3.55. The number of benzene rings is 1. The van der Waals surface area contributed by atoms with E-state index >= 15 is 0 Å². The van der Waals surface area contributed by atoms with E-state index in [0.29, 0.717) is 11.4 Å². The standard InChI is InChI=1S/C16H25Cl2N3O4S/c1-10(2)7-14(16(19)23)20-9-12(22)5-6-21-26(24,25)15-4-3-11(17)8-13(15)18/h3-4,8,10,12,14,20-22H,5-7,9H2,1-2H3,(H2,19,23)/t12-,14-/m0/s1. The highest BCUT2D eigenvalue weighted by Gasteiger charge is 2.20. The first-order chi connectivity index (χ1) is 12.0. The molecule has 0 spiro atoms. The fourth-order valence-electron chi connectivity index (χ4n) is 2.28. The smallest absolute Gasteiger partial charge is 0.242 e. The summed E-state index contributed by atoms with van der Waals surface area (Å²) in [4.78, 5) is 11.3. The molecule has 0 radical (unpaired) electrons. The van der Waals surface area contributed by atoms with Gasteiger partial charge in [0, 0.05) is 18.1 Å². The normalized spacial score (nSPS) is 14.4. The van der Waals surface area contributed by atoms with Gasteiger partial charge in [-0.3, -0.25) is 4.79 Å². The Morgan fingerprint density at radius 1 is 1.31 bits per heavy atom. The number of carbonyl (C=O) groups is 1. The minimum Gasteiger partial charge on any atom is -0.392 e. The Balaban J connectivity index is 2.49. The van der Waals surface area contributed by atoms with Crippen molar-refractivity contribution in [2.75, 3.05) is 13.1 Å². The van der Waals surface area contributed by atoms with Crippen molar-refractivity contribution >= 4 is 39.1 Å². The number of halogens is 2. The van der Waals surface area contributed by atoms with Gasteiger partial charge < -0.3 is 16.2 Å². The first-order valence-electron chi connectivity index (χ1n) is 8.18. The summed E-state index contributed by atoms with van der Waals surface area (Å²) in [6.45, 7) is 4.06. The largest absolute Gasteiger partial charge is 0.392 e. The first-order valence-corrected chi connectivity index (χ1v) is 10.4. The van der Waals surface area contributed by atoms with Crippen molar-refractivity contribution in [1.29, 1.82) is 0 Å². The fourth-order valence-corrected chi connectivity index (χ4v) is 4.10. The molecule has 0 saturated heterocycles. The van der Waals surface area contributed by atoms with E-state index in [0.717, 1.165) is 0 Å². The lowest BCUT2D eigenvalue weighted by Crippen LogP contribution is -2.45. The summed E-state index contributed by atoms with van der Waals surface area (Å²) >= 11 is 11.7. The third-order valence-corrected chi connectivity index (χ3v) is 5.78. The van der Waals surface area contributed by atoms with Crippen LogP contribution < -0.4 is 15.8 Å². The predicted molar refractivity (Wildman–Crippen MR) is 103 cm³/mol. The van der Waals surface area contributed by atoms with Crippen LogP contribution in [0.1, 0.15) is 26.7 Å². The highest BCUT2D eigenvalue weighted by Crippen LogP contribution is 2.24. The van der Waals surface area contributed by atoms with Crippen molar-refractivity contribution in [2.24, 2.45) is 11.7 Å². The molecule has 0 aromatic heterocycles. The maximum absolute atomic E-state index is 12.2. The molecule has 0 aliphatic carbocycles. The van der Waals surface area contributed by atoms with Crippen LogP contribution >= 0.6 is 23.2 Å². The van der Waals surface area contributed by atoms with Crippen LogP contribution in [0.15, 0.2) is 23.1 Å². The van der Waals surface area contributed by atoms with Crippen LogP contribution in [0.2, 0.25) is 10.0 Å². The topological polar surface area (TPSA) is 122 Å². The SMILES string of the molecule is CC(C)C[C@H](NC[C@@H](O)CCNS(=O)(=O)c1ccc(Cl)cc1Cl)C(N)=O. The molecule has 1 amide bonds. The minimum absolute atomic E-state index is 0.00948. The van der Waals surface area contributed by atoms with E-state index in [2.05, 4.69) is 10.0 Å². The number of primary amides is 1. The number of aliphatic hydroxyl groups excluding tert-OH is 1. The van der Waals surface area contributed by atoms with E-state index in [4.69, 9.17) is 28.9 Å². The van der Waals surface area contributed by atoms with E-state index < -0.39 is 28.1 Å². The van der Waals surface area contributed by atoms with Crippen LogP contribution in [0.3, 0.4) is 0 Å². The second-order valence-electron chi connectivity index (χ2n) is 6.41. The number of nitrogens with one attached hydrogen (secondary N) is 2. The van der Waals surface area contributed by atoms with Crippen molar-refractivity contribution in [2.45, 2.75) is 43.7 Å². The Bertz CT molecular complexity index is 713. The molecule has 0 fully saturated rings. The van der Waals surface area contributed by atoms with Crippen molar-refractivity contribution in [1.82, 2.24) is 10.0 Å². The molecule has 7 nitrogen and oxygen atoms in total. The summed E-state index contributed by atoms with van der Waals surface area (Å²) in [6.07, 6.45) is -0.124. The summed E-state index contributed by atoms with van der Waals surface area (Å²) in [5, 5.41) is 13.2. The Labute approximate surface area is 164 Å². The predicted octanol–water partition coefficient (Wildman–Crippen LogP) is 1.51. The van der Waals surface area contributed by atoms with Gasteiger partial charge >= 0.3 is 0 Å². The van der Waals surface area contributed by atoms with E-state index in [-0.39, 0.29) is 35.3 Å². The zero-order chi connectivity index (χ0) is 19.9. The Morgan fingerprint density at radius 3 is 2.50 bits per heavy atom. The lowest BCUT2D eigenvalue weighted by Gasteiger charge is -2.19. The molecule has 0 aliphatic heterocycles. The second-order valence-corrected chi connectivity index (χ2v) is 8.99. The number of sulfonamides is 1. The van der Waals surface area contributed by atoms with Gasteiger partial charge in [-0.1, -0.05) is 37.0 Å². The van der Waals surface area contributed by atoms with Crippen molar-refractivity contribution < 1.29 is 18.3 Å². The van der Waals surface area contributed by atoms with Gasteiger partial charge in [-0.05, 0) is 37.0 Å². The van der Waals surface area contributed by atoms with Crippen molar-refractivity contribution in [3.8, 4) is 0 Å². The highest BCUT2D eigenvalue weighted by atomic mass is 35.5. The van der Waals surface area contributed by atoms with E-state index in [9.17, 15) is 18.3 Å². The van der Waals surface area contributed by atoms with Gasteiger partial charge in [-0.25, -0.2) is 13.1 Å². The van der Waals surface area contributed by atoms with Gasteiger partial charge in [0.2, 0.25) is 15.9 Å². The fraction of sp³-hybridized carbons (Fsp3) is 0.562. The van der Waals surface area contributed by atoms with Gasteiger partial charge in [0.25, 0.3) is 0 Å². The number of nitrogens with two attached hydrogens (primary N) is 1. The number of hydrogen-bond donors (Lipinski definition) is 4.